The van der Waals surface area contributed by atoms with E-state index in [4.69, 9.17) is 23.2 Å². The maximum absolute atomic E-state index is 13.0. The first-order chi connectivity index (χ1) is 15.5. The van der Waals surface area contributed by atoms with E-state index < -0.39 is 0 Å². The minimum absolute atomic E-state index is 0.104. The summed E-state index contributed by atoms with van der Waals surface area (Å²) in [4.78, 5) is 43.5. The normalized spacial score (nSPS) is 11.0. The van der Waals surface area contributed by atoms with Gasteiger partial charge in [0.05, 0.1) is 22.7 Å². The van der Waals surface area contributed by atoms with E-state index in [0.29, 0.717) is 34.9 Å². The highest BCUT2D eigenvalue weighted by molar-refractivity contribution is 7.13. The maximum Gasteiger partial charge on any atom is 0.255 e. The van der Waals surface area contributed by atoms with Crippen LogP contribution in [0.1, 0.15) is 50.2 Å². The van der Waals surface area contributed by atoms with Crippen LogP contribution in [-0.2, 0) is 16.0 Å². The molecule has 2 aromatic rings. The number of hydrogen-bond acceptors (Lipinski definition) is 5. The van der Waals surface area contributed by atoms with Crippen molar-refractivity contribution >= 4 is 57.4 Å². The molecule has 3 amide bonds. The Kier molecular flexibility index (Phi) is 10.6. The van der Waals surface area contributed by atoms with E-state index in [1.807, 2.05) is 13.8 Å². The van der Waals surface area contributed by atoms with Gasteiger partial charge in [-0.2, -0.15) is 0 Å². The van der Waals surface area contributed by atoms with Crippen molar-refractivity contribution in [1.29, 1.82) is 0 Å². The van der Waals surface area contributed by atoms with E-state index in [1.54, 1.807) is 17.5 Å². The summed E-state index contributed by atoms with van der Waals surface area (Å²) in [7, 11) is 0. The average molecular weight is 513 g/mol. The zero-order valence-electron chi connectivity index (χ0n) is 19.3. The van der Waals surface area contributed by atoms with E-state index in [-0.39, 0.29) is 47.2 Å². The molecule has 7 nitrogen and oxygen atoms in total. The van der Waals surface area contributed by atoms with Crippen LogP contribution < -0.4 is 10.6 Å². The second-order valence-corrected chi connectivity index (χ2v) is 10.3. The van der Waals surface area contributed by atoms with Crippen LogP contribution in [0.15, 0.2) is 23.6 Å². The number of carbonyl (C=O) groups excluding carboxylic acids is 3. The summed E-state index contributed by atoms with van der Waals surface area (Å²) >= 11 is 13.4. The molecule has 0 saturated heterocycles. The maximum atomic E-state index is 13.0. The number of carbonyl (C=O) groups is 3. The van der Waals surface area contributed by atoms with Gasteiger partial charge >= 0.3 is 0 Å². The lowest BCUT2D eigenvalue weighted by molar-refractivity contribution is -0.120. The number of rotatable bonds is 11. The number of nitrogens with zero attached hydrogens (tertiary/aromatic N) is 2. The highest BCUT2D eigenvalue weighted by Gasteiger charge is 2.22. The number of amides is 3. The smallest absolute Gasteiger partial charge is 0.255 e. The van der Waals surface area contributed by atoms with Crippen molar-refractivity contribution in [3.63, 3.8) is 0 Å². The molecule has 0 radical (unpaired) electrons. The Bertz CT molecular complexity index is 978. The molecule has 0 aliphatic heterocycles. The van der Waals surface area contributed by atoms with Crippen LogP contribution in [-0.4, -0.2) is 47.2 Å². The molecule has 33 heavy (non-hydrogen) atoms. The molecule has 0 bridgehead atoms. The van der Waals surface area contributed by atoms with Gasteiger partial charge in [0.2, 0.25) is 11.8 Å². The van der Waals surface area contributed by atoms with Gasteiger partial charge in [-0.05, 0) is 36.5 Å². The predicted octanol–water partition coefficient (Wildman–Crippen LogP) is 4.89. The van der Waals surface area contributed by atoms with E-state index in [1.165, 1.54) is 22.3 Å². The van der Waals surface area contributed by atoms with Gasteiger partial charge in [0.25, 0.3) is 5.91 Å². The molecular formula is C23H30Cl2N4O3S. The largest absolute Gasteiger partial charge is 0.356 e. The molecule has 0 aliphatic carbocycles. The molecule has 2 rings (SSSR count). The van der Waals surface area contributed by atoms with Crippen molar-refractivity contribution in [3.8, 4) is 0 Å². The van der Waals surface area contributed by atoms with Gasteiger partial charge in [-0.3, -0.25) is 14.4 Å². The topological polar surface area (TPSA) is 91.4 Å². The lowest BCUT2D eigenvalue weighted by Gasteiger charge is -2.24. The van der Waals surface area contributed by atoms with Crippen LogP contribution in [0.3, 0.4) is 0 Å². The Balaban J connectivity index is 1.97. The molecule has 10 heteroatoms. The lowest BCUT2D eigenvalue weighted by Crippen LogP contribution is -2.40. The van der Waals surface area contributed by atoms with E-state index >= 15 is 0 Å². The van der Waals surface area contributed by atoms with Crippen LogP contribution in [0.25, 0.3) is 0 Å². The van der Waals surface area contributed by atoms with Gasteiger partial charge in [-0.1, -0.05) is 50.9 Å². The van der Waals surface area contributed by atoms with Crippen molar-refractivity contribution in [2.45, 2.75) is 40.5 Å². The molecule has 1 heterocycles. The zero-order chi connectivity index (χ0) is 24.5. The summed E-state index contributed by atoms with van der Waals surface area (Å²) in [5.74, 6) is -0.167. The number of aromatic nitrogens is 1. The van der Waals surface area contributed by atoms with E-state index in [9.17, 15) is 14.4 Å². The zero-order valence-corrected chi connectivity index (χ0v) is 21.6. The van der Waals surface area contributed by atoms with Crippen molar-refractivity contribution in [3.05, 3.63) is 44.9 Å². The van der Waals surface area contributed by atoms with Gasteiger partial charge in [-0.15, -0.1) is 11.3 Å². The van der Waals surface area contributed by atoms with Gasteiger partial charge in [-0.25, -0.2) is 4.98 Å². The summed E-state index contributed by atoms with van der Waals surface area (Å²) in [6.45, 7) is 8.97. The average Bonchev–Trinajstić information content (AvgIpc) is 3.12. The van der Waals surface area contributed by atoms with E-state index in [2.05, 4.69) is 29.5 Å². The standard InChI is InChI=1S/C23H30Cl2N4O3S/c1-14(2)7-8-26-20(30)10-17-13-33-23(27-17)28-21(31)12-29(11-15(3)4)22(32)18-6-5-16(24)9-19(18)25/h5-6,9,13-15H,7-8,10-12H2,1-4H3,(H,26,30)(H,27,28,31). The van der Waals surface area contributed by atoms with Crippen molar-refractivity contribution in [2.24, 2.45) is 11.8 Å². The summed E-state index contributed by atoms with van der Waals surface area (Å²) < 4.78 is 0. The van der Waals surface area contributed by atoms with Crippen molar-refractivity contribution in [1.82, 2.24) is 15.2 Å². The minimum Gasteiger partial charge on any atom is -0.356 e. The van der Waals surface area contributed by atoms with Crippen LogP contribution in [0, 0.1) is 11.8 Å². The summed E-state index contributed by atoms with van der Waals surface area (Å²) in [5, 5.41) is 8.37. The molecular weight excluding hydrogens is 483 g/mol. The van der Waals surface area contributed by atoms with Crippen LogP contribution in [0.2, 0.25) is 10.0 Å². The molecule has 0 atom stereocenters. The number of nitrogens with one attached hydrogen (secondary N) is 2. The Labute approximate surface area is 208 Å². The molecule has 0 spiro atoms. The SMILES string of the molecule is CC(C)CCNC(=O)Cc1csc(NC(=O)CN(CC(C)C)C(=O)c2ccc(Cl)cc2Cl)n1. The summed E-state index contributed by atoms with van der Waals surface area (Å²) in [5.41, 5.74) is 0.870. The molecule has 0 aliphatic rings. The first-order valence-electron chi connectivity index (χ1n) is 10.8. The minimum atomic E-state index is -0.378. The second-order valence-electron chi connectivity index (χ2n) is 8.61. The Morgan fingerprint density at radius 1 is 1.09 bits per heavy atom. The highest BCUT2D eigenvalue weighted by Crippen LogP contribution is 2.23. The van der Waals surface area contributed by atoms with Gasteiger partial charge < -0.3 is 15.5 Å². The fourth-order valence-electron chi connectivity index (χ4n) is 3.00. The van der Waals surface area contributed by atoms with Crippen LogP contribution >= 0.6 is 34.5 Å². The molecule has 1 aromatic carbocycles. The molecule has 0 fully saturated rings. The quantitative estimate of drug-likeness (QED) is 0.448. The molecule has 180 valence electrons. The summed E-state index contributed by atoms with van der Waals surface area (Å²) in [6.07, 6.45) is 1.06. The number of thiazole rings is 1. The number of halogens is 2. The monoisotopic (exact) mass is 512 g/mol. The van der Waals surface area contributed by atoms with E-state index in [0.717, 1.165) is 6.42 Å². The lowest BCUT2D eigenvalue weighted by atomic mass is 10.1. The fourth-order valence-corrected chi connectivity index (χ4v) is 4.21. The van der Waals surface area contributed by atoms with Crippen LogP contribution in [0.5, 0.6) is 0 Å². The first kappa shape index (κ1) is 27.1. The summed E-state index contributed by atoms with van der Waals surface area (Å²) in [6, 6.07) is 4.64. The van der Waals surface area contributed by atoms with Crippen molar-refractivity contribution < 1.29 is 14.4 Å². The molecule has 0 unspecified atom stereocenters. The third-order valence-corrected chi connectivity index (χ3v) is 5.91. The number of hydrogen-bond donors (Lipinski definition) is 2. The first-order valence-corrected chi connectivity index (χ1v) is 12.4. The molecule has 1 aromatic heterocycles. The molecule has 2 N–H and O–H groups in total. The van der Waals surface area contributed by atoms with Crippen LogP contribution in [0.4, 0.5) is 5.13 Å². The fraction of sp³-hybridized carbons (Fsp3) is 0.478. The Morgan fingerprint density at radius 3 is 2.45 bits per heavy atom. The second kappa shape index (κ2) is 12.9. The van der Waals surface area contributed by atoms with Gasteiger partial charge in [0, 0.05) is 23.5 Å². The van der Waals surface area contributed by atoms with Gasteiger partial charge in [0.15, 0.2) is 5.13 Å². The predicted molar refractivity (Wildman–Crippen MR) is 134 cm³/mol. The third-order valence-electron chi connectivity index (χ3n) is 4.55. The Hall–Kier alpha value is -2.16. The third kappa shape index (κ3) is 9.31. The van der Waals surface area contributed by atoms with Crippen molar-refractivity contribution in [2.75, 3.05) is 25.0 Å². The number of anilines is 1. The highest BCUT2D eigenvalue weighted by atomic mass is 35.5. The number of benzene rings is 1. The van der Waals surface area contributed by atoms with Gasteiger partial charge in [0.1, 0.15) is 6.54 Å². The molecule has 0 saturated carbocycles. The Morgan fingerprint density at radius 2 is 1.82 bits per heavy atom.